The highest BCUT2D eigenvalue weighted by Gasteiger charge is 2.26. The number of aryl methyl sites for hydroxylation is 2. The van der Waals surface area contributed by atoms with Gasteiger partial charge in [-0.15, -0.1) is 0 Å². The summed E-state index contributed by atoms with van der Waals surface area (Å²) in [7, 11) is -0.430. The van der Waals surface area contributed by atoms with Crippen LogP contribution in [0.5, 0.6) is 11.9 Å². The molecule has 0 bridgehead atoms. The zero-order valence-corrected chi connectivity index (χ0v) is 22.0. The molecule has 11 heteroatoms. The van der Waals surface area contributed by atoms with Crippen molar-refractivity contribution in [3.05, 3.63) is 65.9 Å². The lowest BCUT2D eigenvalue weighted by Gasteiger charge is -2.31. The molecule has 0 atom stereocenters. The van der Waals surface area contributed by atoms with E-state index in [2.05, 4.69) is 15.0 Å². The van der Waals surface area contributed by atoms with Gasteiger partial charge >= 0.3 is 6.01 Å². The molecule has 1 amide bonds. The monoisotopic (exact) mass is 525 g/mol. The van der Waals surface area contributed by atoms with Crippen molar-refractivity contribution in [3.63, 3.8) is 0 Å². The lowest BCUT2D eigenvalue weighted by Crippen LogP contribution is -2.37. The van der Waals surface area contributed by atoms with Crippen LogP contribution >= 0.6 is 0 Å². The van der Waals surface area contributed by atoms with Gasteiger partial charge in [-0.1, -0.05) is 17.7 Å². The first-order valence-corrected chi connectivity index (χ1v) is 13.7. The minimum Gasteiger partial charge on any atom is -0.480 e. The number of carbonyl (C=O) groups is 1. The average molecular weight is 526 g/mol. The van der Waals surface area contributed by atoms with Gasteiger partial charge in [0.1, 0.15) is 5.82 Å². The Balaban J connectivity index is 1.34. The molecule has 0 saturated carbocycles. The molecule has 1 aliphatic heterocycles. The van der Waals surface area contributed by atoms with E-state index in [9.17, 15) is 13.2 Å². The summed E-state index contributed by atoms with van der Waals surface area (Å²) in [5, 5.41) is 0. The molecular formula is C26H31N5O5S. The molecule has 1 fully saturated rings. The number of nitrogens with zero attached hydrogens (tertiary/aromatic N) is 5. The van der Waals surface area contributed by atoms with Crippen LogP contribution in [0.1, 0.15) is 35.7 Å². The van der Waals surface area contributed by atoms with Crippen LogP contribution in [-0.4, -0.2) is 71.8 Å². The fourth-order valence-corrected chi connectivity index (χ4v) is 5.54. The lowest BCUT2D eigenvalue weighted by molar-refractivity contribution is -0.127. The molecule has 3 aromatic rings. The molecule has 4 rings (SSSR count). The second-order valence-corrected chi connectivity index (χ2v) is 11.0. The van der Waals surface area contributed by atoms with Gasteiger partial charge in [0, 0.05) is 50.2 Å². The summed E-state index contributed by atoms with van der Waals surface area (Å²) in [6, 6.07) is 7.10. The van der Waals surface area contributed by atoms with Crippen LogP contribution in [0.3, 0.4) is 0 Å². The highest BCUT2D eigenvalue weighted by molar-refractivity contribution is 7.91. The third-order valence-corrected chi connectivity index (χ3v) is 8.15. The minimum absolute atomic E-state index is 0.0000830. The molecule has 1 saturated heterocycles. The first-order valence-electron chi connectivity index (χ1n) is 12.0. The van der Waals surface area contributed by atoms with Gasteiger partial charge in [-0.2, -0.15) is 4.98 Å². The summed E-state index contributed by atoms with van der Waals surface area (Å²) in [5.74, 6) is 1.23. The number of ether oxygens (including phenoxy) is 2. The zero-order chi connectivity index (χ0) is 26.4. The highest BCUT2D eigenvalue weighted by Crippen LogP contribution is 2.28. The van der Waals surface area contributed by atoms with Crippen LogP contribution < -0.4 is 9.47 Å². The number of hydrogen-bond acceptors (Lipinski definition) is 8. The first-order chi connectivity index (χ1) is 17.8. The van der Waals surface area contributed by atoms with Crippen LogP contribution in [0, 0.1) is 6.92 Å². The smallest absolute Gasteiger partial charge is 0.319 e. The number of piperidine rings is 1. The second kappa shape index (κ2) is 11.5. The van der Waals surface area contributed by atoms with Crippen LogP contribution in [0.25, 0.3) is 6.08 Å². The lowest BCUT2D eigenvalue weighted by atomic mass is 9.95. The van der Waals surface area contributed by atoms with Crippen molar-refractivity contribution in [2.24, 2.45) is 0 Å². The number of aromatic nitrogens is 4. The molecule has 0 N–H and O–H groups in total. The van der Waals surface area contributed by atoms with Crippen molar-refractivity contribution in [1.29, 1.82) is 0 Å². The molecule has 2 aromatic heterocycles. The molecule has 1 aromatic carbocycles. The number of hydrogen-bond donors (Lipinski definition) is 0. The van der Waals surface area contributed by atoms with E-state index in [4.69, 9.17) is 9.47 Å². The van der Waals surface area contributed by atoms with Crippen molar-refractivity contribution in [3.8, 4) is 11.9 Å². The SMILES string of the molecule is COc1ncc(C=CC(=O)N2CCC(c3nccn3CCS(=O)(=O)c3ccc(C)cc3)CC2)c(OC)n1. The van der Waals surface area contributed by atoms with Crippen LogP contribution in [-0.2, 0) is 21.2 Å². The number of benzene rings is 1. The van der Waals surface area contributed by atoms with Gasteiger partial charge in [0.05, 0.1) is 30.4 Å². The van der Waals surface area contributed by atoms with Crippen LogP contribution in [0.2, 0.25) is 0 Å². The normalized spacial score (nSPS) is 14.7. The number of methoxy groups -OCH3 is 2. The predicted octanol–water partition coefficient (Wildman–Crippen LogP) is 2.89. The summed E-state index contributed by atoms with van der Waals surface area (Å²) < 4.78 is 37.7. The van der Waals surface area contributed by atoms with Crippen molar-refractivity contribution < 1.29 is 22.7 Å². The molecule has 196 valence electrons. The maximum absolute atomic E-state index is 12.8. The number of amides is 1. The molecule has 0 unspecified atom stereocenters. The number of rotatable bonds is 9. The van der Waals surface area contributed by atoms with Gasteiger partial charge in [0.15, 0.2) is 9.84 Å². The van der Waals surface area contributed by atoms with Gasteiger partial charge in [-0.3, -0.25) is 4.79 Å². The number of carbonyl (C=O) groups excluding carboxylic acids is 1. The van der Waals surface area contributed by atoms with Gasteiger partial charge in [-0.25, -0.2) is 18.4 Å². The number of imidazole rings is 1. The van der Waals surface area contributed by atoms with Crippen LogP contribution in [0.4, 0.5) is 0 Å². The molecule has 0 radical (unpaired) electrons. The largest absolute Gasteiger partial charge is 0.480 e. The third kappa shape index (κ3) is 6.34. The molecule has 37 heavy (non-hydrogen) atoms. The van der Waals surface area contributed by atoms with Crippen LogP contribution in [0.15, 0.2) is 53.8 Å². The van der Waals surface area contributed by atoms with E-state index < -0.39 is 9.84 Å². The summed E-state index contributed by atoms with van der Waals surface area (Å²) in [6.45, 7) is 3.42. The second-order valence-electron chi connectivity index (χ2n) is 8.86. The Kier molecular flexibility index (Phi) is 8.22. The molecule has 1 aliphatic rings. The Labute approximate surface area is 216 Å². The van der Waals surface area contributed by atoms with E-state index in [1.165, 1.54) is 20.3 Å². The van der Waals surface area contributed by atoms with E-state index >= 15 is 0 Å². The van der Waals surface area contributed by atoms with Gasteiger partial charge < -0.3 is 18.9 Å². The van der Waals surface area contributed by atoms with Crippen molar-refractivity contribution in [1.82, 2.24) is 24.4 Å². The predicted molar refractivity (Wildman–Crippen MR) is 138 cm³/mol. The van der Waals surface area contributed by atoms with E-state index in [0.29, 0.717) is 36.0 Å². The standard InChI is InChI=1S/C26H31N5O5S/c1-19-4-7-22(8-5-19)37(33,34)17-16-31-15-12-27-24(31)20-10-13-30(14-11-20)23(32)9-6-21-18-28-26(36-3)29-25(21)35-2/h4-9,12,15,18,20H,10-11,13-14,16-17H2,1-3H3. The average Bonchev–Trinajstić information content (AvgIpc) is 3.39. The first kappa shape index (κ1) is 26.3. The zero-order valence-electron chi connectivity index (χ0n) is 21.2. The minimum atomic E-state index is -3.39. The molecule has 0 spiro atoms. The van der Waals surface area contributed by atoms with Gasteiger partial charge in [0.25, 0.3) is 0 Å². The van der Waals surface area contributed by atoms with Crippen molar-refractivity contribution in [2.75, 3.05) is 33.1 Å². The van der Waals surface area contributed by atoms with E-state index in [1.807, 2.05) is 17.7 Å². The molecule has 3 heterocycles. The molecule has 0 aliphatic carbocycles. The Morgan fingerprint density at radius 1 is 1.11 bits per heavy atom. The Morgan fingerprint density at radius 3 is 2.51 bits per heavy atom. The quantitative estimate of drug-likeness (QED) is 0.392. The topological polar surface area (TPSA) is 117 Å². The van der Waals surface area contributed by atoms with Gasteiger partial charge in [0.2, 0.25) is 11.8 Å². The van der Waals surface area contributed by atoms with E-state index in [1.54, 1.807) is 47.6 Å². The third-order valence-electron chi connectivity index (χ3n) is 6.44. The van der Waals surface area contributed by atoms with E-state index in [0.717, 1.165) is 24.2 Å². The van der Waals surface area contributed by atoms with Crippen molar-refractivity contribution in [2.45, 2.75) is 37.1 Å². The molecule has 10 nitrogen and oxygen atoms in total. The van der Waals surface area contributed by atoms with Crippen molar-refractivity contribution >= 4 is 21.8 Å². The maximum atomic E-state index is 12.8. The Morgan fingerprint density at radius 2 is 1.84 bits per heavy atom. The Hall–Kier alpha value is -3.73. The maximum Gasteiger partial charge on any atom is 0.319 e. The Bertz CT molecular complexity index is 1360. The summed E-state index contributed by atoms with van der Waals surface area (Å²) in [6.07, 6.45) is 9.69. The van der Waals surface area contributed by atoms with E-state index in [-0.39, 0.29) is 23.6 Å². The fourth-order valence-electron chi connectivity index (χ4n) is 4.31. The molecular weight excluding hydrogens is 494 g/mol. The number of sulfone groups is 1. The summed E-state index contributed by atoms with van der Waals surface area (Å²) >= 11 is 0. The highest BCUT2D eigenvalue weighted by atomic mass is 32.2. The number of likely N-dealkylation sites (tertiary alicyclic amines) is 1. The fraction of sp³-hybridized carbons (Fsp3) is 0.385. The summed E-state index contributed by atoms with van der Waals surface area (Å²) in [5.41, 5.74) is 1.60. The van der Waals surface area contributed by atoms with Gasteiger partial charge in [-0.05, 0) is 38.0 Å². The summed E-state index contributed by atoms with van der Waals surface area (Å²) in [4.78, 5) is 27.6.